The summed E-state index contributed by atoms with van der Waals surface area (Å²) in [6, 6.07) is 10.9. The average Bonchev–Trinajstić information content (AvgIpc) is 3.02. The Labute approximate surface area is 138 Å². The molecular weight excluding hydrogens is 312 g/mol. The third-order valence-corrected chi connectivity index (χ3v) is 4.55. The molecule has 0 spiro atoms. The predicted molar refractivity (Wildman–Crippen MR) is 89.3 cm³/mol. The quantitative estimate of drug-likeness (QED) is 0.937. The summed E-state index contributed by atoms with van der Waals surface area (Å²) in [5.41, 5.74) is 1.79. The number of carbonyl (C=O) groups excluding carboxylic acids is 2. The first-order chi connectivity index (χ1) is 11.1. The average molecular weight is 330 g/mol. The van der Waals surface area contributed by atoms with Crippen LogP contribution in [0, 0.1) is 6.92 Å². The summed E-state index contributed by atoms with van der Waals surface area (Å²) in [4.78, 5) is 27.4. The van der Waals surface area contributed by atoms with Gasteiger partial charge in [0.1, 0.15) is 12.6 Å². The molecule has 0 aliphatic carbocycles. The minimum Gasteiger partial charge on any atom is -0.369 e. The SMILES string of the molecule is Cc1cccc(NC(=O)[C@@H]2COCC(=O)N2Cc2cccs2)c1. The van der Waals surface area contributed by atoms with E-state index in [4.69, 9.17) is 4.74 Å². The number of hydrogen-bond donors (Lipinski definition) is 1. The number of aryl methyl sites for hydroxylation is 1. The molecule has 1 saturated heterocycles. The van der Waals surface area contributed by atoms with Crippen molar-refractivity contribution in [2.75, 3.05) is 18.5 Å². The number of benzene rings is 1. The molecular formula is C17H18N2O3S. The zero-order chi connectivity index (χ0) is 16.2. The lowest BCUT2D eigenvalue weighted by molar-refractivity contribution is -0.153. The predicted octanol–water partition coefficient (Wildman–Crippen LogP) is 2.42. The monoisotopic (exact) mass is 330 g/mol. The fraction of sp³-hybridized carbons (Fsp3) is 0.294. The van der Waals surface area contributed by atoms with Gasteiger partial charge in [-0.2, -0.15) is 0 Å². The molecule has 2 amide bonds. The molecule has 1 aliphatic rings. The van der Waals surface area contributed by atoms with Gasteiger partial charge >= 0.3 is 0 Å². The van der Waals surface area contributed by atoms with Crippen molar-refractivity contribution in [2.45, 2.75) is 19.5 Å². The zero-order valence-electron chi connectivity index (χ0n) is 12.8. The lowest BCUT2D eigenvalue weighted by atomic mass is 10.1. The van der Waals surface area contributed by atoms with Crippen molar-refractivity contribution in [1.29, 1.82) is 0 Å². The number of amides is 2. The molecule has 5 nitrogen and oxygen atoms in total. The highest BCUT2D eigenvalue weighted by Gasteiger charge is 2.34. The molecule has 0 unspecified atom stereocenters. The highest BCUT2D eigenvalue weighted by Crippen LogP contribution is 2.19. The molecule has 1 atom stereocenters. The number of anilines is 1. The minimum atomic E-state index is -0.612. The number of morpholine rings is 1. The van der Waals surface area contributed by atoms with Gasteiger partial charge in [-0.05, 0) is 36.1 Å². The van der Waals surface area contributed by atoms with Gasteiger partial charge in [0.05, 0.1) is 13.2 Å². The number of ether oxygens (including phenoxy) is 1. The molecule has 0 radical (unpaired) electrons. The van der Waals surface area contributed by atoms with E-state index in [0.29, 0.717) is 6.54 Å². The van der Waals surface area contributed by atoms with Crippen LogP contribution in [0.5, 0.6) is 0 Å². The van der Waals surface area contributed by atoms with E-state index in [9.17, 15) is 9.59 Å². The largest absolute Gasteiger partial charge is 0.369 e. The van der Waals surface area contributed by atoms with Crippen molar-refractivity contribution < 1.29 is 14.3 Å². The Kier molecular flexibility index (Phi) is 4.73. The van der Waals surface area contributed by atoms with E-state index in [-0.39, 0.29) is 25.0 Å². The van der Waals surface area contributed by atoms with Crippen LogP contribution >= 0.6 is 11.3 Å². The van der Waals surface area contributed by atoms with Crippen LogP contribution in [0.15, 0.2) is 41.8 Å². The van der Waals surface area contributed by atoms with Crippen LogP contribution in [0.25, 0.3) is 0 Å². The summed E-state index contributed by atoms with van der Waals surface area (Å²) >= 11 is 1.57. The summed E-state index contributed by atoms with van der Waals surface area (Å²) in [5, 5.41) is 4.83. The molecule has 6 heteroatoms. The van der Waals surface area contributed by atoms with Crippen LogP contribution in [0.4, 0.5) is 5.69 Å². The Hall–Kier alpha value is -2.18. The van der Waals surface area contributed by atoms with Crippen molar-refractivity contribution in [3.8, 4) is 0 Å². The standard InChI is InChI=1S/C17H18N2O3S/c1-12-4-2-5-13(8-12)18-17(21)15-10-22-11-16(20)19(15)9-14-6-3-7-23-14/h2-8,15H,9-11H2,1H3,(H,18,21)/t15-/m0/s1. The lowest BCUT2D eigenvalue weighted by Crippen LogP contribution is -2.54. The van der Waals surface area contributed by atoms with Gasteiger partial charge < -0.3 is 15.0 Å². The Morgan fingerprint density at radius 3 is 3.00 bits per heavy atom. The molecule has 1 aliphatic heterocycles. The van der Waals surface area contributed by atoms with E-state index < -0.39 is 6.04 Å². The third-order valence-electron chi connectivity index (χ3n) is 3.69. The molecule has 2 aromatic rings. The smallest absolute Gasteiger partial charge is 0.249 e. The molecule has 23 heavy (non-hydrogen) atoms. The molecule has 1 N–H and O–H groups in total. The van der Waals surface area contributed by atoms with Crippen molar-refractivity contribution >= 4 is 28.8 Å². The second kappa shape index (κ2) is 6.93. The maximum atomic E-state index is 12.6. The van der Waals surface area contributed by atoms with Gasteiger partial charge in [0.25, 0.3) is 0 Å². The Balaban J connectivity index is 1.74. The molecule has 1 aromatic carbocycles. The number of nitrogens with zero attached hydrogens (tertiary/aromatic N) is 1. The summed E-state index contributed by atoms with van der Waals surface area (Å²) in [7, 11) is 0. The van der Waals surface area contributed by atoms with E-state index in [1.54, 1.807) is 16.2 Å². The van der Waals surface area contributed by atoms with Crippen LogP contribution in [0.3, 0.4) is 0 Å². The molecule has 0 saturated carbocycles. The highest BCUT2D eigenvalue weighted by molar-refractivity contribution is 7.09. The van der Waals surface area contributed by atoms with Crippen molar-refractivity contribution in [1.82, 2.24) is 4.90 Å². The number of carbonyl (C=O) groups is 2. The topological polar surface area (TPSA) is 58.6 Å². The number of hydrogen-bond acceptors (Lipinski definition) is 4. The number of thiophene rings is 1. The summed E-state index contributed by atoms with van der Waals surface area (Å²) in [6.07, 6.45) is 0. The summed E-state index contributed by atoms with van der Waals surface area (Å²) in [5.74, 6) is -0.380. The van der Waals surface area contributed by atoms with Gasteiger partial charge in [0.2, 0.25) is 11.8 Å². The van der Waals surface area contributed by atoms with Gasteiger partial charge in [0.15, 0.2) is 0 Å². The van der Waals surface area contributed by atoms with E-state index in [1.165, 1.54) is 0 Å². The molecule has 0 bridgehead atoms. The third kappa shape index (κ3) is 3.78. The summed E-state index contributed by atoms with van der Waals surface area (Å²) < 4.78 is 5.28. The lowest BCUT2D eigenvalue weighted by Gasteiger charge is -2.34. The second-order valence-electron chi connectivity index (χ2n) is 5.49. The maximum absolute atomic E-state index is 12.6. The van der Waals surface area contributed by atoms with E-state index in [2.05, 4.69) is 5.32 Å². The Morgan fingerprint density at radius 2 is 2.26 bits per heavy atom. The summed E-state index contributed by atoms with van der Waals surface area (Å²) in [6.45, 7) is 2.64. The first kappa shape index (κ1) is 15.7. The Bertz CT molecular complexity index is 700. The Morgan fingerprint density at radius 1 is 1.39 bits per heavy atom. The second-order valence-corrected chi connectivity index (χ2v) is 6.52. The highest BCUT2D eigenvalue weighted by atomic mass is 32.1. The van der Waals surface area contributed by atoms with Gasteiger partial charge in [-0.15, -0.1) is 11.3 Å². The van der Waals surface area contributed by atoms with Crippen LogP contribution in [0.1, 0.15) is 10.4 Å². The fourth-order valence-corrected chi connectivity index (χ4v) is 3.24. The minimum absolute atomic E-state index is 0.0274. The van der Waals surface area contributed by atoms with Crippen molar-refractivity contribution in [2.24, 2.45) is 0 Å². The molecule has 2 heterocycles. The van der Waals surface area contributed by atoms with Crippen molar-refractivity contribution in [3.63, 3.8) is 0 Å². The van der Waals surface area contributed by atoms with Gasteiger partial charge in [0, 0.05) is 10.6 Å². The fourth-order valence-electron chi connectivity index (χ4n) is 2.54. The first-order valence-corrected chi connectivity index (χ1v) is 8.28. The molecule has 1 aromatic heterocycles. The van der Waals surface area contributed by atoms with Gasteiger partial charge in [-0.1, -0.05) is 18.2 Å². The van der Waals surface area contributed by atoms with Crippen LogP contribution in [-0.4, -0.2) is 36.0 Å². The van der Waals surface area contributed by atoms with E-state index >= 15 is 0 Å². The van der Waals surface area contributed by atoms with Crippen LogP contribution in [0.2, 0.25) is 0 Å². The van der Waals surface area contributed by atoms with E-state index in [1.807, 2.05) is 48.7 Å². The van der Waals surface area contributed by atoms with Crippen molar-refractivity contribution in [3.05, 3.63) is 52.2 Å². The van der Waals surface area contributed by atoms with Crippen LogP contribution < -0.4 is 5.32 Å². The zero-order valence-corrected chi connectivity index (χ0v) is 13.6. The molecule has 1 fully saturated rings. The van der Waals surface area contributed by atoms with Gasteiger partial charge in [-0.25, -0.2) is 0 Å². The van der Waals surface area contributed by atoms with E-state index in [0.717, 1.165) is 16.1 Å². The number of nitrogens with one attached hydrogen (secondary N) is 1. The first-order valence-electron chi connectivity index (χ1n) is 7.40. The maximum Gasteiger partial charge on any atom is 0.249 e. The van der Waals surface area contributed by atoms with Crippen LogP contribution in [-0.2, 0) is 20.9 Å². The normalized spacial score (nSPS) is 18.0. The molecule has 120 valence electrons. The van der Waals surface area contributed by atoms with Gasteiger partial charge in [-0.3, -0.25) is 9.59 Å². The number of rotatable bonds is 4. The molecule has 3 rings (SSSR count).